The predicted octanol–water partition coefficient (Wildman–Crippen LogP) is 10.1. The fourth-order valence-corrected chi connectivity index (χ4v) is 6.06. The van der Waals surface area contributed by atoms with Crippen molar-refractivity contribution in [1.82, 2.24) is 5.34 Å². The summed E-state index contributed by atoms with van der Waals surface area (Å²) < 4.78 is 509. The van der Waals surface area contributed by atoms with E-state index >= 15 is 57.1 Å². The van der Waals surface area contributed by atoms with Gasteiger partial charge in [-0.3, -0.25) is 14.2 Å². The largest absolute Gasteiger partial charge is 0.461 e. The van der Waals surface area contributed by atoms with Gasteiger partial charge in [-0.2, -0.15) is 127 Å². The SMILES string of the molecule is FOC(F)(C(F)(F)F)C(F)(F)OC12C(F)(F)C3(F)C(F)(F)C(OC(F)(F)C(F)(OF)C(F)(F)F)(C1(F)F)C(F)(F)C(OC(F)(F)C(F)(N(F)F)C(F)(F)F)(C3(F)F)C2(F)F. The van der Waals surface area contributed by atoms with Gasteiger partial charge >= 0.3 is 95.6 Å². The van der Waals surface area contributed by atoms with Crippen molar-refractivity contribution in [2.75, 3.05) is 0 Å². The average molecular weight is 987 g/mol. The van der Waals surface area contributed by atoms with E-state index in [0.29, 0.717) is 9.88 Å². The first-order valence-corrected chi connectivity index (χ1v) is 12.9. The topological polar surface area (TPSA) is 49.4 Å². The minimum atomic E-state index is -10.3. The Bertz CT molecular complexity index is 1620. The molecule has 5 unspecified atom stereocenters. The average Bonchev–Trinajstić information content (AvgIpc) is 3.02. The molecule has 4 bridgehead atoms. The summed E-state index contributed by atoms with van der Waals surface area (Å²) in [6, 6.07) is 0. The van der Waals surface area contributed by atoms with Crippen LogP contribution >= 0.6 is 0 Å². The van der Waals surface area contributed by atoms with Gasteiger partial charge < -0.3 is 0 Å². The van der Waals surface area contributed by atoms with Crippen molar-refractivity contribution in [3.8, 4) is 0 Å². The molecule has 0 aromatic rings. The molecular formula is C19F35NO5. The number of hydrogen-bond acceptors (Lipinski definition) is 6. The van der Waals surface area contributed by atoms with Gasteiger partial charge in [-0.1, -0.05) is 8.96 Å². The third kappa shape index (κ3) is 4.55. The van der Waals surface area contributed by atoms with Gasteiger partial charge in [-0.25, -0.2) is 8.78 Å². The van der Waals surface area contributed by atoms with Crippen molar-refractivity contribution < 1.29 is 178 Å². The summed E-state index contributed by atoms with van der Waals surface area (Å²) in [7, 11) is 0. The first-order valence-electron chi connectivity index (χ1n) is 12.9. The van der Waals surface area contributed by atoms with Crippen LogP contribution in [0.4, 0.5) is 154 Å². The normalized spacial score (nSPS) is 35.2. The van der Waals surface area contributed by atoms with Crippen LogP contribution in [0.25, 0.3) is 0 Å². The predicted molar refractivity (Wildman–Crippen MR) is 97.9 cm³/mol. The molecule has 356 valence electrons. The lowest BCUT2D eigenvalue weighted by Gasteiger charge is -2.77. The molecule has 0 N–H and O–H groups in total. The first kappa shape index (κ1) is 51.7. The second-order valence-electron chi connectivity index (χ2n) is 11.7. The van der Waals surface area contributed by atoms with Crippen LogP contribution in [-0.2, 0) is 24.1 Å². The van der Waals surface area contributed by atoms with E-state index in [-0.39, 0.29) is 0 Å². The van der Waals surface area contributed by atoms with Crippen molar-refractivity contribution in [1.29, 1.82) is 0 Å². The zero-order valence-electron chi connectivity index (χ0n) is 25.2. The zero-order chi connectivity index (χ0) is 48.6. The molecule has 4 aliphatic rings. The second kappa shape index (κ2) is 12.1. The molecule has 4 saturated carbocycles. The quantitative estimate of drug-likeness (QED) is 0.110. The van der Waals surface area contributed by atoms with E-state index in [9.17, 15) is 97.0 Å². The molecule has 0 amide bonds. The first-order chi connectivity index (χ1) is 25.7. The maximum absolute atomic E-state index is 16.1. The molecule has 0 heterocycles. The lowest BCUT2D eigenvalue weighted by Crippen LogP contribution is -3.12. The minimum absolute atomic E-state index is 0.712. The van der Waals surface area contributed by atoms with Gasteiger partial charge in [-0.05, 0) is 9.05 Å². The molecule has 0 radical (unpaired) electrons. The maximum Gasteiger partial charge on any atom is 0.461 e. The van der Waals surface area contributed by atoms with Crippen molar-refractivity contribution in [3.63, 3.8) is 0 Å². The highest BCUT2D eigenvalue weighted by Gasteiger charge is 3.24. The van der Waals surface area contributed by atoms with E-state index in [0.717, 1.165) is 14.2 Å². The van der Waals surface area contributed by atoms with Crippen molar-refractivity contribution in [3.05, 3.63) is 0 Å². The fourth-order valence-electron chi connectivity index (χ4n) is 6.06. The van der Waals surface area contributed by atoms with Gasteiger partial charge in [0.15, 0.2) is 0 Å². The number of halogens is 35. The Balaban J connectivity index is 2.96. The molecule has 0 aromatic heterocycles. The third-order valence-corrected chi connectivity index (χ3v) is 8.81. The van der Waals surface area contributed by atoms with Crippen molar-refractivity contribution in [2.45, 2.75) is 112 Å². The summed E-state index contributed by atoms with van der Waals surface area (Å²) >= 11 is 0. The van der Waals surface area contributed by atoms with Gasteiger partial charge in [0, 0.05) is 0 Å². The van der Waals surface area contributed by atoms with Crippen LogP contribution < -0.4 is 0 Å². The van der Waals surface area contributed by atoms with Crippen molar-refractivity contribution in [2.24, 2.45) is 0 Å². The number of alkyl halides is 31. The van der Waals surface area contributed by atoms with Crippen LogP contribution in [-0.4, -0.2) is 118 Å². The Morgan fingerprint density at radius 3 is 0.700 bits per heavy atom. The smallest absolute Gasteiger partial charge is 0.290 e. The summed E-state index contributed by atoms with van der Waals surface area (Å²) in [5.74, 6) is -87.2. The molecule has 0 aromatic carbocycles. The number of rotatable bonds is 12. The summed E-state index contributed by atoms with van der Waals surface area (Å²) in [6.07, 6.45) is -54.2. The van der Waals surface area contributed by atoms with Gasteiger partial charge in [-0.15, -0.1) is 9.88 Å². The van der Waals surface area contributed by atoms with Crippen LogP contribution in [0.15, 0.2) is 0 Å². The Hall–Kier alpha value is -2.69. The second-order valence-corrected chi connectivity index (χ2v) is 11.7. The molecule has 41 heteroatoms. The van der Waals surface area contributed by atoms with E-state index in [1.807, 2.05) is 0 Å². The fraction of sp³-hybridized carbons (Fsp3) is 1.00. The van der Waals surface area contributed by atoms with E-state index in [1.165, 1.54) is 0 Å². The van der Waals surface area contributed by atoms with E-state index < -0.39 is 118 Å². The molecule has 5 atom stereocenters. The minimum Gasteiger partial charge on any atom is -0.290 e. The highest BCUT2D eigenvalue weighted by Crippen LogP contribution is 2.90. The standard InChI is InChI=1S/C19F35NO5/c20-1-5(21,22)2(56-17(45,46)11(33,55(51)52)14(36,37)38)8(27,28)3(6(1,23)24,57-18(47,48)12(34,59-53)15(39,40)41)10(31,32)4(7(1,25)26,9(2,29)30)58-19(49,50)13(35,60-54)16(42,43)44. The van der Waals surface area contributed by atoms with Crippen LogP contribution in [0, 0.1) is 0 Å². The molecule has 60 heavy (non-hydrogen) atoms. The number of nitrogens with zero attached hydrogens (tertiary/aromatic N) is 1. The van der Waals surface area contributed by atoms with Gasteiger partial charge in [0.05, 0.1) is 5.34 Å². The Morgan fingerprint density at radius 1 is 0.317 bits per heavy atom. The monoisotopic (exact) mass is 987 g/mol. The number of hydrogen-bond donors (Lipinski definition) is 0. The molecular weight excluding hydrogens is 987 g/mol. The van der Waals surface area contributed by atoms with E-state index in [1.54, 1.807) is 0 Å². The van der Waals surface area contributed by atoms with Gasteiger partial charge in [0.2, 0.25) is 0 Å². The molecule has 0 saturated heterocycles. The Labute approximate surface area is 297 Å². The van der Waals surface area contributed by atoms with Gasteiger partial charge in [0.25, 0.3) is 16.8 Å². The van der Waals surface area contributed by atoms with Crippen LogP contribution in [0.1, 0.15) is 0 Å². The summed E-state index contributed by atoms with van der Waals surface area (Å²) in [4.78, 5) is 1.42. The van der Waals surface area contributed by atoms with Crippen LogP contribution in [0.2, 0.25) is 0 Å². The Kier molecular flexibility index (Phi) is 10.4. The summed E-state index contributed by atoms with van der Waals surface area (Å²) in [6.45, 7) is 0. The van der Waals surface area contributed by atoms with E-state index in [4.69, 9.17) is 0 Å². The molecule has 4 aliphatic carbocycles. The maximum atomic E-state index is 16.1. The number of ether oxygens (including phenoxy) is 3. The van der Waals surface area contributed by atoms with E-state index in [2.05, 4.69) is 0 Å². The van der Waals surface area contributed by atoms with Gasteiger partial charge in [0.1, 0.15) is 0 Å². The lowest BCUT2D eigenvalue weighted by molar-refractivity contribution is -0.681. The molecule has 4 fully saturated rings. The van der Waals surface area contributed by atoms with Crippen LogP contribution in [0.5, 0.6) is 0 Å². The third-order valence-electron chi connectivity index (χ3n) is 8.81. The highest BCUT2D eigenvalue weighted by molar-refractivity contribution is 5.55. The summed E-state index contributed by atoms with van der Waals surface area (Å²) in [5, 5.41) is -5.08. The molecule has 0 spiro atoms. The molecule has 4 rings (SSSR count). The molecule has 0 aliphatic heterocycles. The van der Waals surface area contributed by atoms with Crippen molar-refractivity contribution >= 4 is 0 Å². The molecule has 6 nitrogen and oxygen atoms in total. The zero-order valence-corrected chi connectivity index (χ0v) is 25.2. The lowest BCUT2D eigenvalue weighted by atomic mass is 9.38. The summed E-state index contributed by atoms with van der Waals surface area (Å²) in [5.41, 5.74) is -40.4. The van der Waals surface area contributed by atoms with Crippen LogP contribution in [0.3, 0.4) is 0 Å². The highest BCUT2D eigenvalue weighted by atomic mass is 19.4. The Morgan fingerprint density at radius 2 is 0.533 bits per heavy atom.